The molecule has 2 rings (SSSR count). The van der Waals surface area contributed by atoms with Crippen LogP contribution in [0.3, 0.4) is 0 Å². The number of hydrazone groups is 1. The Kier molecular flexibility index (Phi) is 5.85. The molecule has 5 nitrogen and oxygen atoms in total. The Morgan fingerprint density at radius 2 is 1.86 bits per heavy atom. The number of thiocarbonyl (C=S) groups is 1. The van der Waals surface area contributed by atoms with Crippen LogP contribution in [-0.4, -0.2) is 26.5 Å². The van der Waals surface area contributed by atoms with E-state index >= 15 is 0 Å². The molecule has 0 radical (unpaired) electrons. The number of hydrogen-bond acceptors (Lipinski definition) is 5. The minimum absolute atomic E-state index is 0.140. The van der Waals surface area contributed by atoms with Gasteiger partial charge in [0.2, 0.25) is 0 Å². The highest BCUT2D eigenvalue weighted by Crippen LogP contribution is 2.16. The van der Waals surface area contributed by atoms with Crippen molar-refractivity contribution in [2.24, 2.45) is 10.8 Å². The van der Waals surface area contributed by atoms with Crippen LogP contribution < -0.4 is 11.2 Å². The smallest absolute Gasteiger partial charge is 0.188 e. The first-order chi connectivity index (χ1) is 10.5. The number of nitrogens with one attached hydrogen (secondary N) is 1. The van der Waals surface area contributed by atoms with Gasteiger partial charge in [0.15, 0.2) is 10.3 Å². The zero-order valence-corrected chi connectivity index (χ0v) is 14.0. The van der Waals surface area contributed by atoms with Crippen LogP contribution >= 0.6 is 24.0 Å². The van der Waals surface area contributed by atoms with Crippen molar-refractivity contribution in [3.63, 3.8) is 0 Å². The van der Waals surface area contributed by atoms with Crippen molar-refractivity contribution < 1.29 is 0 Å². The summed E-state index contributed by atoms with van der Waals surface area (Å²) < 4.78 is 0. The van der Waals surface area contributed by atoms with E-state index in [-0.39, 0.29) is 5.11 Å². The normalized spacial score (nSPS) is 11.3. The van der Waals surface area contributed by atoms with Crippen LogP contribution in [0.15, 0.2) is 46.7 Å². The van der Waals surface area contributed by atoms with E-state index in [1.807, 2.05) is 50.2 Å². The Morgan fingerprint density at radius 3 is 2.45 bits per heavy atom. The zero-order chi connectivity index (χ0) is 15.9. The van der Waals surface area contributed by atoms with Crippen molar-refractivity contribution >= 4 is 34.8 Å². The average molecular weight is 331 g/mol. The van der Waals surface area contributed by atoms with Gasteiger partial charge in [-0.2, -0.15) is 5.10 Å². The van der Waals surface area contributed by atoms with E-state index in [2.05, 4.69) is 20.5 Å². The van der Waals surface area contributed by atoms with Crippen LogP contribution in [-0.2, 0) is 0 Å². The van der Waals surface area contributed by atoms with Crippen LogP contribution in [0.25, 0.3) is 0 Å². The maximum atomic E-state index is 5.45. The quantitative estimate of drug-likeness (QED) is 0.288. The Hall–Kier alpha value is -1.99. The van der Waals surface area contributed by atoms with Gasteiger partial charge < -0.3 is 5.73 Å². The number of benzene rings is 1. The molecule has 0 saturated heterocycles. The van der Waals surface area contributed by atoms with E-state index in [9.17, 15) is 0 Å². The summed E-state index contributed by atoms with van der Waals surface area (Å²) in [5, 5.41) is 5.15. The molecule has 0 amide bonds. The van der Waals surface area contributed by atoms with E-state index in [0.717, 1.165) is 27.8 Å². The van der Waals surface area contributed by atoms with Gasteiger partial charge in [-0.1, -0.05) is 42.1 Å². The molecule has 0 aliphatic heterocycles. The van der Waals surface area contributed by atoms with E-state index in [1.54, 1.807) is 0 Å². The topological polar surface area (TPSA) is 76.2 Å². The summed E-state index contributed by atoms with van der Waals surface area (Å²) in [6.07, 6.45) is 0. The zero-order valence-electron chi connectivity index (χ0n) is 12.4. The Balaban J connectivity index is 2.16. The first-order valence-electron chi connectivity index (χ1n) is 6.67. The highest BCUT2D eigenvalue weighted by Gasteiger charge is 2.07. The largest absolute Gasteiger partial charge is 0.375 e. The van der Waals surface area contributed by atoms with Gasteiger partial charge in [-0.15, -0.1) is 0 Å². The molecule has 1 aromatic carbocycles. The third-order valence-corrected chi connectivity index (χ3v) is 3.66. The Morgan fingerprint density at radius 1 is 1.23 bits per heavy atom. The fourth-order valence-corrected chi connectivity index (χ4v) is 2.78. The molecule has 1 aromatic heterocycles. The lowest BCUT2D eigenvalue weighted by molar-refractivity contribution is 0.903. The molecule has 0 aliphatic carbocycles. The molecule has 22 heavy (non-hydrogen) atoms. The Labute approximate surface area is 139 Å². The van der Waals surface area contributed by atoms with E-state index in [1.165, 1.54) is 11.8 Å². The molecular formula is C15H17N5S2. The molecule has 7 heteroatoms. The van der Waals surface area contributed by atoms with Gasteiger partial charge >= 0.3 is 0 Å². The van der Waals surface area contributed by atoms with Crippen molar-refractivity contribution in [1.82, 2.24) is 15.4 Å². The van der Waals surface area contributed by atoms with Gasteiger partial charge in [0.05, 0.1) is 5.71 Å². The number of thioether (sulfide) groups is 1. The summed E-state index contributed by atoms with van der Waals surface area (Å²) in [6, 6.07) is 11.8. The molecule has 0 aliphatic rings. The second-order valence-corrected chi connectivity index (χ2v) is 6.00. The van der Waals surface area contributed by atoms with E-state index in [0.29, 0.717) is 5.75 Å². The van der Waals surface area contributed by atoms with Crippen LogP contribution in [0.1, 0.15) is 17.0 Å². The molecule has 1 heterocycles. The molecular weight excluding hydrogens is 314 g/mol. The van der Waals surface area contributed by atoms with E-state index < -0.39 is 0 Å². The minimum Gasteiger partial charge on any atom is -0.375 e. The van der Waals surface area contributed by atoms with Gasteiger partial charge in [0.25, 0.3) is 0 Å². The molecule has 0 unspecified atom stereocenters. The average Bonchev–Trinajstić information content (AvgIpc) is 2.47. The van der Waals surface area contributed by atoms with Gasteiger partial charge in [-0.05, 0) is 37.7 Å². The molecule has 114 valence electrons. The summed E-state index contributed by atoms with van der Waals surface area (Å²) in [7, 11) is 0. The predicted molar refractivity (Wildman–Crippen MR) is 95.1 cm³/mol. The van der Waals surface area contributed by atoms with Crippen molar-refractivity contribution in [2.45, 2.75) is 19.0 Å². The third kappa shape index (κ3) is 5.09. The maximum Gasteiger partial charge on any atom is 0.188 e. The second kappa shape index (κ2) is 7.86. The number of aromatic nitrogens is 2. The number of nitrogens with two attached hydrogens (primary N) is 1. The third-order valence-electron chi connectivity index (χ3n) is 2.71. The van der Waals surface area contributed by atoms with Crippen LogP contribution in [0.5, 0.6) is 0 Å². The molecule has 0 atom stereocenters. The molecule has 0 spiro atoms. The lowest BCUT2D eigenvalue weighted by atomic mass is 10.1. The predicted octanol–water partition coefficient (Wildman–Crippen LogP) is 2.42. The molecule has 0 saturated carbocycles. The second-order valence-electron chi connectivity index (χ2n) is 4.62. The molecule has 0 bridgehead atoms. The summed E-state index contributed by atoms with van der Waals surface area (Å²) in [6.45, 7) is 3.92. The van der Waals surface area contributed by atoms with Gasteiger partial charge in [0, 0.05) is 17.1 Å². The SMILES string of the molecule is Cc1cc(C)nc(SC/C(=N\NC(N)=S)c2ccccc2)n1. The molecule has 2 aromatic rings. The lowest BCUT2D eigenvalue weighted by Crippen LogP contribution is -2.26. The summed E-state index contributed by atoms with van der Waals surface area (Å²) in [5.74, 6) is 0.614. The van der Waals surface area contributed by atoms with Gasteiger partial charge in [-0.25, -0.2) is 9.97 Å². The van der Waals surface area contributed by atoms with Gasteiger partial charge in [0.1, 0.15) is 0 Å². The number of nitrogens with zero attached hydrogens (tertiary/aromatic N) is 3. The standard InChI is InChI=1S/C15H17N5S2/c1-10-8-11(2)18-15(17-10)22-9-13(19-20-14(16)21)12-6-4-3-5-7-12/h3-8H,9H2,1-2H3,(H3,16,20,21)/b19-13+. The first-order valence-corrected chi connectivity index (χ1v) is 8.06. The van der Waals surface area contributed by atoms with Crippen molar-refractivity contribution in [2.75, 3.05) is 5.75 Å². The fourth-order valence-electron chi connectivity index (χ4n) is 1.82. The maximum absolute atomic E-state index is 5.45. The number of hydrogen-bond donors (Lipinski definition) is 2. The van der Waals surface area contributed by atoms with E-state index in [4.69, 9.17) is 18.0 Å². The lowest BCUT2D eigenvalue weighted by Gasteiger charge is -2.07. The minimum atomic E-state index is 0.140. The fraction of sp³-hybridized carbons (Fsp3) is 0.200. The molecule has 0 fully saturated rings. The van der Waals surface area contributed by atoms with Crippen molar-refractivity contribution in [3.8, 4) is 0 Å². The summed E-state index contributed by atoms with van der Waals surface area (Å²) in [4.78, 5) is 8.84. The highest BCUT2D eigenvalue weighted by atomic mass is 32.2. The molecule has 3 N–H and O–H groups in total. The van der Waals surface area contributed by atoms with Crippen LogP contribution in [0.2, 0.25) is 0 Å². The summed E-state index contributed by atoms with van der Waals surface area (Å²) >= 11 is 6.33. The van der Waals surface area contributed by atoms with Crippen LogP contribution in [0.4, 0.5) is 0 Å². The number of rotatable bonds is 5. The van der Waals surface area contributed by atoms with Crippen molar-refractivity contribution in [1.29, 1.82) is 0 Å². The van der Waals surface area contributed by atoms with Crippen molar-refractivity contribution in [3.05, 3.63) is 53.3 Å². The van der Waals surface area contributed by atoms with Gasteiger partial charge in [-0.3, -0.25) is 5.43 Å². The number of aryl methyl sites for hydroxylation is 2. The first kappa shape index (κ1) is 16.4. The Bertz CT molecular complexity index is 665. The summed E-state index contributed by atoms with van der Waals surface area (Å²) in [5.41, 5.74) is 11.8. The van der Waals surface area contributed by atoms with Crippen LogP contribution in [0, 0.1) is 13.8 Å². The highest BCUT2D eigenvalue weighted by molar-refractivity contribution is 7.99. The monoisotopic (exact) mass is 331 g/mol.